The van der Waals surface area contributed by atoms with Crippen LogP contribution < -0.4 is 0 Å². The third-order valence-electron chi connectivity index (χ3n) is 1.67. The van der Waals surface area contributed by atoms with Gasteiger partial charge in [0.2, 0.25) is 5.91 Å². The molecule has 4 heteroatoms. The molecule has 0 atom stereocenters. The second kappa shape index (κ2) is 3.35. The van der Waals surface area contributed by atoms with Gasteiger partial charge in [-0.25, -0.2) is 0 Å². The second-order valence-electron chi connectivity index (χ2n) is 2.59. The van der Waals surface area contributed by atoms with Crippen LogP contribution in [0.2, 0.25) is 0 Å². The van der Waals surface area contributed by atoms with Crippen molar-refractivity contribution < 1.29 is 9.53 Å². The minimum absolute atomic E-state index is 0.00616. The molecule has 11 heavy (non-hydrogen) atoms. The molecular weight excluding hydrogens is 144 g/mol. The fourth-order valence-corrected chi connectivity index (χ4v) is 0.874. The number of carbonyl (C=O) groups is 1. The average molecular weight is 154 g/mol. The highest BCUT2D eigenvalue weighted by Gasteiger charge is 2.28. The Balaban J connectivity index is 2.34. The van der Waals surface area contributed by atoms with E-state index in [1.807, 2.05) is 6.07 Å². The number of nitrogens with zero attached hydrogens (tertiary/aromatic N) is 2. The Morgan fingerprint density at radius 1 is 1.82 bits per heavy atom. The molecule has 0 aromatic carbocycles. The second-order valence-corrected chi connectivity index (χ2v) is 2.59. The van der Waals surface area contributed by atoms with E-state index < -0.39 is 0 Å². The Hall–Kier alpha value is -1.08. The molecule has 1 fully saturated rings. The molecular formula is C7H10N2O2. The summed E-state index contributed by atoms with van der Waals surface area (Å²) in [6, 6.07) is 1.92. The summed E-state index contributed by atoms with van der Waals surface area (Å²) in [6.45, 7) is 1.18. The van der Waals surface area contributed by atoms with Crippen molar-refractivity contribution in [3.8, 4) is 6.07 Å². The predicted octanol–water partition coefficient (Wildman–Crippen LogP) is -0.385. The van der Waals surface area contributed by atoms with Gasteiger partial charge in [-0.2, -0.15) is 5.26 Å². The molecule has 1 aliphatic heterocycles. The van der Waals surface area contributed by atoms with Gasteiger partial charge >= 0.3 is 0 Å². The van der Waals surface area contributed by atoms with E-state index in [4.69, 9.17) is 10.00 Å². The largest absolute Gasteiger partial charge is 0.380 e. The number of amides is 1. The molecule has 0 N–H and O–H groups in total. The highest BCUT2D eigenvalue weighted by atomic mass is 16.5. The monoisotopic (exact) mass is 154 g/mol. The van der Waals surface area contributed by atoms with Gasteiger partial charge < -0.3 is 9.64 Å². The summed E-state index contributed by atoms with van der Waals surface area (Å²) in [4.78, 5) is 12.6. The van der Waals surface area contributed by atoms with Crippen LogP contribution in [0.25, 0.3) is 0 Å². The van der Waals surface area contributed by atoms with Gasteiger partial charge in [-0.15, -0.1) is 0 Å². The van der Waals surface area contributed by atoms with E-state index in [9.17, 15) is 4.79 Å². The summed E-state index contributed by atoms with van der Waals surface area (Å²) in [5, 5.41) is 8.28. The van der Waals surface area contributed by atoms with E-state index >= 15 is 0 Å². The average Bonchev–Trinajstić information content (AvgIpc) is 1.84. The summed E-state index contributed by atoms with van der Waals surface area (Å²) in [5.41, 5.74) is 0. The zero-order valence-corrected chi connectivity index (χ0v) is 6.41. The van der Waals surface area contributed by atoms with Gasteiger partial charge in [0.15, 0.2) is 0 Å². The molecule has 0 spiro atoms. The lowest BCUT2D eigenvalue weighted by Crippen LogP contribution is -2.43. The van der Waals surface area contributed by atoms with Gasteiger partial charge in [-0.1, -0.05) is 0 Å². The fraction of sp³-hybridized carbons (Fsp3) is 0.714. The van der Waals surface area contributed by atoms with Crippen LogP contribution in [0.15, 0.2) is 0 Å². The Labute approximate surface area is 65.4 Å². The Morgan fingerprint density at radius 2 is 2.45 bits per heavy atom. The molecule has 1 aliphatic rings. The third kappa shape index (κ3) is 1.69. The highest BCUT2D eigenvalue weighted by Crippen LogP contribution is 2.12. The number of ether oxygens (including phenoxy) is 1. The van der Waals surface area contributed by atoms with Crippen molar-refractivity contribution in [3.63, 3.8) is 0 Å². The lowest BCUT2D eigenvalue weighted by molar-refractivity contribution is -0.147. The van der Waals surface area contributed by atoms with Crippen LogP contribution in [0.5, 0.6) is 0 Å². The van der Waals surface area contributed by atoms with Gasteiger partial charge in [0.25, 0.3) is 0 Å². The standard InChI is InChI=1S/C7H10N2O2/c1-9(3-2-8)7(10)6-4-11-5-6/h6H,3-5H2,1H3. The van der Waals surface area contributed by atoms with Crippen molar-refractivity contribution in [3.05, 3.63) is 0 Å². The smallest absolute Gasteiger partial charge is 0.230 e. The van der Waals surface area contributed by atoms with E-state index in [-0.39, 0.29) is 18.4 Å². The molecule has 0 bridgehead atoms. The normalized spacial score (nSPS) is 16.7. The van der Waals surface area contributed by atoms with Gasteiger partial charge in [-0.3, -0.25) is 4.79 Å². The Bertz CT molecular complexity index is 193. The van der Waals surface area contributed by atoms with E-state index in [1.165, 1.54) is 4.90 Å². The van der Waals surface area contributed by atoms with E-state index in [0.29, 0.717) is 13.2 Å². The van der Waals surface area contributed by atoms with Crippen molar-refractivity contribution in [2.75, 3.05) is 26.8 Å². The number of nitriles is 1. The SMILES string of the molecule is CN(CC#N)C(=O)C1COC1. The fourth-order valence-electron chi connectivity index (χ4n) is 0.874. The van der Waals surface area contributed by atoms with Crippen LogP contribution >= 0.6 is 0 Å². The minimum atomic E-state index is -0.00616. The predicted molar refractivity (Wildman–Crippen MR) is 37.6 cm³/mol. The van der Waals surface area contributed by atoms with Gasteiger partial charge in [-0.05, 0) is 0 Å². The topological polar surface area (TPSA) is 53.3 Å². The van der Waals surface area contributed by atoms with Gasteiger partial charge in [0.1, 0.15) is 6.54 Å². The molecule has 0 radical (unpaired) electrons. The number of hydrogen-bond acceptors (Lipinski definition) is 3. The molecule has 1 amide bonds. The van der Waals surface area contributed by atoms with Crippen molar-refractivity contribution in [2.45, 2.75) is 0 Å². The Kier molecular flexibility index (Phi) is 2.44. The molecule has 1 saturated heterocycles. The third-order valence-corrected chi connectivity index (χ3v) is 1.67. The van der Waals surface area contributed by atoms with Crippen molar-refractivity contribution in [2.24, 2.45) is 5.92 Å². The van der Waals surface area contributed by atoms with Crippen molar-refractivity contribution in [1.29, 1.82) is 5.26 Å². The van der Waals surface area contributed by atoms with Crippen LogP contribution in [0, 0.1) is 17.2 Å². The quantitative estimate of drug-likeness (QED) is 0.509. The Morgan fingerprint density at radius 3 is 2.82 bits per heavy atom. The first-order valence-corrected chi connectivity index (χ1v) is 3.45. The zero-order valence-electron chi connectivity index (χ0n) is 6.41. The first-order chi connectivity index (χ1) is 5.25. The molecule has 60 valence electrons. The number of rotatable bonds is 2. The molecule has 0 aliphatic carbocycles. The first-order valence-electron chi connectivity index (χ1n) is 3.45. The zero-order chi connectivity index (χ0) is 8.27. The van der Waals surface area contributed by atoms with Crippen LogP contribution in [0.1, 0.15) is 0 Å². The molecule has 0 aromatic heterocycles. The molecule has 4 nitrogen and oxygen atoms in total. The van der Waals surface area contributed by atoms with Gasteiger partial charge in [0.05, 0.1) is 25.2 Å². The van der Waals surface area contributed by atoms with E-state index in [1.54, 1.807) is 7.05 Å². The minimum Gasteiger partial charge on any atom is -0.380 e. The van der Waals surface area contributed by atoms with Crippen molar-refractivity contribution >= 4 is 5.91 Å². The maximum absolute atomic E-state index is 11.2. The van der Waals surface area contributed by atoms with Crippen LogP contribution in [-0.4, -0.2) is 37.6 Å². The molecule has 0 aromatic rings. The van der Waals surface area contributed by atoms with E-state index in [0.717, 1.165) is 0 Å². The summed E-state index contributed by atoms with van der Waals surface area (Å²) in [7, 11) is 1.63. The lowest BCUT2D eigenvalue weighted by Gasteiger charge is -2.28. The molecule has 0 unspecified atom stereocenters. The van der Waals surface area contributed by atoms with E-state index in [2.05, 4.69) is 0 Å². The number of carbonyl (C=O) groups excluding carboxylic acids is 1. The van der Waals surface area contributed by atoms with Crippen LogP contribution in [-0.2, 0) is 9.53 Å². The maximum Gasteiger partial charge on any atom is 0.230 e. The summed E-state index contributed by atoms with van der Waals surface area (Å²) >= 11 is 0. The highest BCUT2D eigenvalue weighted by molar-refractivity contribution is 5.79. The maximum atomic E-state index is 11.2. The summed E-state index contributed by atoms with van der Waals surface area (Å²) in [6.07, 6.45) is 0. The van der Waals surface area contributed by atoms with Crippen LogP contribution in [0.3, 0.4) is 0 Å². The number of hydrogen-bond donors (Lipinski definition) is 0. The summed E-state index contributed by atoms with van der Waals surface area (Å²) in [5.74, 6) is 0.00569. The first kappa shape index (κ1) is 8.02. The van der Waals surface area contributed by atoms with Gasteiger partial charge in [0, 0.05) is 7.05 Å². The molecule has 1 heterocycles. The molecule has 1 rings (SSSR count). The lowest BCUT2D eigenvalue weighted by atomic mass is 10.1. The van der Waals surface area contributed by atoms with Crippen LogP contribution in [0.4, 0.5) is 0 Å². The molecule has 0 saturated carbocycles. The van der Waals surface area contributed by atoms with Crippen molar-refractivity contribution in [1.82, 2.24) is 4.90 Å². The summed E-state index contributed by atoms with van der Waals surface area (Å²) < 4.78 is 4.85.